The summed E-state index contributed by atoms with van der Waals surface area (Å²) in [7, 11) is -3.19. The summed E-state index contributed by atoms with van der Waals surface area (Å²) < 4.78 is 41.3. The minimum Gasteiger partial charge on any atom is -0.492 e. The van der Waals surface area contributed by atoms with Gasteiger partial charge in [-0.2, -0.15) is 0 Å². The van der Waals surface area contributed by atoms with Crippen molar-refractivity contribution in [2.45, 2.75) is 17.9 Å². The smallest absolute Gasteiger partial charge is 0.175 e. The second-order valence-electron chi connectivity index (χ2n) is 5.20. The Morgan fingerprint density at radius 1 is 1.26 bits per heavy atom. The molecule has 1 heterocycles. The molecule has 0 spiro atoms. The van der Waals surface area contributed by atoms with Crippen LogP contribution in [0.2, 0.25) is 0 Å². The molecule has 5 nitrogen and oxygen atoms in total. The van der Waals surface area contributed by atoms with E-state index in [1.54, 1.807) is 18.3 Å². The Morgan fingerprint density at radius 3 is 2.57 bits per heavy atom. The Hall–Kier alpha value is -1.99. The molecular weight excluding hydrogens is 319 g/mol. The van der Waals surface area contributed by atoms with Crippen LogP contribution in [0.4, 0.5) is 4.39 Å². The molecule has 2 rings (SSSR count). The standard InChI is InChI=1S/C16H19FN2O3S/c1-12(13-9-14(17)11-18-10-13)19-7-8-22-15-3-5-16(6-4-15)23(2,20)21/h3-6,9-12,19H,7-8H2,1-2H3. The van der Waals surface area contributed by atoms with Crippen molar-refractivity contribution in [1.29, 1.82) is 0 Å². The molecule has 0 bridgehead atoms. The zero-order chi connectivity index (χ0) is 16.9. The third kappa shape index (κ3) is 5.30. The summed E-state index contributed by atoms with van der Waals surface area (Å²) in [6, 6.07) is 7.66. The molecule has 0 aliphatic heterocycles. The van der Waals surface area contributed by atoms with Crippen LogP contribution in [-0.2, 0) is 9.84 Å². The average molecular weight is 338 g/mol. The molecule has 1 N–H and O–H groups in total. The lowest BCUT2D eigenvalue weighted by Gasteiger charge is -2.14. The van der Waals surface area contributed by atoms with E-state index in [1.165, 1.54) is 24.4 Å². The van der Waals surface area contributed by atoms with E-state index in [1.807, 2.05) is 6.92 Å². The van der Waals surface area contributed by atoms with Gasteiger partial charge in [-0.05, 0) is 42.8 Å². The summed E-state index contributed by atoms with van der Waals surface area (Å²) in [6.07, 6.45) is 3.94. The highest BCUT2D eigenvalue weighted by molar-refractivity contribution is 7.90. The SMILES string of the molecule is CC(NCCOc1ccc(S(C)(=O)=O)cc1)c1cncc(F)c1. The van der Waals surface area contributed by atoms with Gasteiger partial charge in [-0.3, -0.25) is 4.98 Å². The van der Waals surface area contributed by atoms with Crippen LogP contribution in [0.5, 0.6) is 5.75 Å². The Morgan fingerprint density at radius 2 is 1.96 bits per heavy atom. The second kappa shape index (κ2) is 7.52. The summed E-state index contributed by atoms with van der Waals surface area (Å²) >= 11 is 0. The van der Waals surface area contributed by atoms with Crippen molar-refractivity contribution in [3.8, 4) is 5.75 Å². The van der Waals surface area contributed by atoms with Crippen LogP contribution in [0.3, 0.4) is 0 Å². The summed E-state index contributed by atoms with van der Waals surface area (Å²) in [5.74, 6) is 0.234. The van der Waals surface area contributed by atoms with Crippen LogP contribution in [0.1, 0.15) is 18.5 Å². The summed E-state index contributed by atoms with van der Waals surface area (Å²) in [5.41, 5.74) is 0.766. The Labute approximate surface area is 135 Å². The lowest BCUT2D eigenvalue weighted by atomic mass is 10.1. The van der Waals surface area contributed by atoms with Gasteiger partial charge in [-0.25, -0.2) is 12.8 Å². The Bertz CT molecular complexity index is 748. The number of benzene rings is 1. The minimum atomic E-state index is -3.19. The molecule has 0 aliphatic carbocycles. The van der Waals surface area contributed by atoms with E-state index in [0.29, 0.717) is 18.9 Å². The van der Waals surface area contributed by atoms with E-state index >= 15 is 0 Å². The monoisotopic (exact) mass is 338 g/mol. The van der Waals surface area contributed by atoms with Gasteiger partial charge >= 0.3 is 0 Å². The zero-order valence-electron chi connectivity index (χ0n) is 13.0. The topological polar surface area (TPSA) is 68.3 Å². The molecule has 0 saturated heterocycles. The zero-order valence-corrected chi connectivity index (χ0v) is 13.8. The quantitative estimate of drug-likeness (QED) is 0.785. The van der Waals surface area contributed by atoms with Gasteiger partial charge in [0.15, 0.2) is 9.84 Å². The fourth-order valence-electron chi connectivity index (χ4n) is 2.01. The molecule has 23 heavy (non-hydrogen) atoms. The number of ether oxygens (including phenoxy) is 1. The number of hydrogen-bond donors (Lipinski definition) is 1. The van der Waals surface area contributed by atoms with Crippen LogP contribution in [0.15, 0.2) is 47.6 Å². The average Bonchev–Trinajstić information content (AvgIpc) is 2.51. The van der Waals surface area contributed by atoms with Crippen molar-refractivity contribution in [2.24, 2.45) is 0 Å². The van der Waals surface area contributed by atoms with Gasteiger partial charge in [0, 0.05) is 25.0 Å². The van der Waals surface area contributed by atoms with Gasteiger partial charge in [0.2, 0.25) is 0 Å². The highest BCUT2D eigenvalue weighted by atomic mass is 32.2. The summed E-state index contributed by atoms with van der Waals surface area (Å²) in [4.78, 5) is 4.07. The third-order valence-corrected chi connectivity index (χ3v) is 4.43. The third-order valence-electron chi connectivity index (χ3n) is 3.30. The van der Waals surface area contributed by atoms with Gasteiger partial charge in [0.1, 0.15) is 18.2 Å². The number of sulfone groups is 1. The molecule has 0 fully saturated rings. The largest absolute Gasteiger partial charge is 0.492 e. The van der Waals surface area contributed by atoms with Crippen molar-refractivity contribution < 1.29 is 17.5 Å². The van der Waals surface area contributed by atoms with Gasteiger partial charge in [-0.15, -0.1) is 0 Å². The van der Waals surface area contributed by atoms with Crippen LogP contribution < -0.4 is 10.1 Å². The fraction of sp³-hybridized carbons (Fsp3) is 0.312. The lowest BCUT2D eigenvalue weighted by Crippen LogP contribution is -2.24. The number of halogens is 1. The Balaban J connectivity index is 1.79. The molecule has 1 atom stereocenters. The maximum Gasteiger partial charge on any atom is 0.175 e. The first kappa shape index (κ1) is 17.4. The van der Waals surface area contributed by atoms with E-state index in [0.717, 1.165) is 11.8 Å². The maximum absolute atomic E-state index is 13.1. The number of aromatic nitrogens is 1. The molecule has 1 unspecified atom stereocenters. The molecule has 0 saturated carbocycles. The fourth-order valence-corrected chi connectivity index (χ4v) is 2.64. The highest BCUT2D eigenvalue weighted by Crippen LogP contribution is 2.16. The van der Waals surface area contributed by atoms with Crippen molar-refractivity contribution in [2.75, 3.05) is 19.4 Å². The normalized spacial score (nSPS) is 12.8. The van der Waals surface area contributed by atoms with Gasteiger partial charge in [-0.1, -0.05) is 0 Å². The molecular formula is C16H19FN2O3S. The van der Waals surface area contributed by atoms with E-state index in [4.69, 9.17) is 4.74 Å². The van der Waals surface area contributed by atoms with Crippen molar-refractivity contribution in [3.63, 3.8) is 0 Å². The molecule has 1 aromatic carbocycles. The number of rotatable bonds is 7. The van der Waals surface area contributed by atoms with Crippen molar-refractivity contribution >= 4 is 9.84 Å². The summed E-state index contributed by atoms with van der Waals surface area (Å²) in [6.45, 7) is 2.88. The summed E-state index contributed by atoms with van der Waals surface area (Å²) in [5, 5.41) is 3.20. The number of nitrogens with zero attached hydrogens (tertiary/aromatic N) is 1. The van der Waals surface area contributed by atoms with Gasteiger partial charge < -0.3 is 10.1 Å². The van der Waals surface area contributed by atoms with E-state index in [9.17, 15) is 12.8 Å². The molecule has 1 aromatic heterocycles. The molecule has 0 aliphatic rings. The number of hydrogen-bond acceptors (Lipinski definition) is 5. The van der Waals surface area contributed by atoms with E-state index in [2.05, 4.69) is 10.3 Å². The number of pyridine rings is 1. The molecule has 124 valence electrons. The molecule has 2 aromatic rings. The Kier molecular flexibility index (Phi) is 5.68. The minimum absolute atomic E-state index is 0.0468. The van der Waals surface area contributed by atoms with E-state index in [-0.39, 0.29) is 16.8 Å². The lowest BCUT2D eigenvalue weighted by molar-refractivity contribution is 0.307. The molecule has 0 radical (unpaired) electrons. The molecule has 7 heteroatoms. The highest BCUT2D eigenvalue weighted by Gasteiger charge is 2.07. The van der Waals surface area contributed by atoms with Crippen molar-refractivity contribution in [3.05, 3.63) is 54.1 Å². The molecule has 0 amide bonds. The predicted molar refractivity (Wildman–Crippen MR) is 85.7 cm³/mol. The van der Waals surface area contributed by atoms with E-state index < -0.39 is 9.84 Å². The first-order chi connectivity index (χ1) is 10.9. The second-order valence-corrected chi connectivity index (χ2v) is 7.22. The maximum atomic E-state index is 13.1. The first-order valence-corrected chi connectivity index (χ1v) is 9.02. The predicted octanol–water partition coefficient (Wildman–Crippen LogP) is 2.35. The van der Waals surface area contributed by atoms with Gasteiger partial charge in [0.05, 0.1) is 11.1 Å². The van der Waals surface area contributed by atoms with Crippen LogP contribution in [0.25, 0.3) is 0 Å². The number of nitrogens with one attached hydrogen (secondary N) is 1. The van der Waals surface area contributed by atoms with Crippen LogP contribution >= 0.6 is 0 Å². The van der Waals surface area contributed by atoms with Crippen LogP contribution in [0, 0.1) is 5.82 Å². The van der Waals surface area contributed by atoms with Crippen molar-refractivity contribution in [1.82, 2.24) is 10.3 Å². The van der Waals surface area contributed by atoms with Gasteiger partial charge in [0.25, 0.3) is 0 Å². The first-order valence-electron chi connectivity index (χ1n) is 7.13. The van der Waals surface area contributed by atoms with Crippen LogP contribution in [-0.4, -0.2) is 32.8 Å².